The van der Waals surface area contributed by atoms with Crippen molar-refractivity contribution in [3.05, 3.63) is 23.8 Å². The first kappa shape index (κ1) is 14.1. The fourth-order valence-corrected chi connectivity index (χ4v) is 2.36. The fourth-order valence-electron chi connectivity index (χ4n) is 1.24. The minimum absolute atomic E-state index is 0.285. The fraction of sp³-hybridized carbons (Fsp3) is 0.467. The van der Waals surface area contributed by atoms with Gasteiger partial charge < -0.3 is 0 Å². The summed E-state index contributed by atoms with van der Waals surface area (Å²) >= 11 is 0. The van der Waals surface area contributed by atoms with Crippen molar-refractivity contribution in [3.8, 4) is 22.9 Å². The molecule has 17 heavy (non-hydrogen) atoms. The smallest absolute Gasteiger partial charge is 0.129 e. The highest BCUT2D eigenvalue weighted by Crippen LogP contribution is 2.15. The molecule has 1 aliphatic rings. The molecule has 0 N–H and O–H groups in total. The lowest BCUT2D eigenvalue weighted by Crippen LogP contribution is -2.16. The van der Waals surface area contributed by atoms with Gasteiger partial charge in [-0.1, -0.05) is 63.3 Å². The molecule has 0 spiro atoms. The molecule has 0 aromatic heterocycles. The summed E-state index contributed by atoms with van der Waals surface area (Å²) in [6.45, 7) is 13.6. The molecule has 0 radical (unpaired) electrons. The SMILES string of the molecule is C[Si](C)(C)C#CC1=CC(C#C[Si](C)(C)C)C=C1. The summed E-state index contributed by atoms with van der Waals surface area (Å²) in [6, 6.07) is 0. The van der Waals surface area contributed by atoms with Crippen molar-refractivity contribution in [2.45, 2.75) is 39.3 Å². The zero-order chi connectivity index (χ0) is 13.1. The van der Waals surface area contributed by atoms with Crippen molar-refractivity contribution in [2.24, 2.45) is 5.92 Å². The number of allylic oxidation sites excluding steroid dienone is 4. The summed E-state index contributed by atoms with van der Waals surface area (Å²) in [5, 5.41) is 0. The molecule has 0 amide bonds. The topological polar surface area (TPSA) is 0 Å². The quantitative estimate of drug-likeness (QED) is 0.457. The molecule has 1 aliphatic carbocycles. The molecule has 0 saturated carbocycles. The molecule has 90 valence electrons. The summed E-state index contributed by atoms with van der Waals surface area (Å²) < 4.78 is 0. The van der Waals surface area contributed by atoms with Crippen molar-refractivity contribution in [1.29, 1.82) is 0 Å². The Labute approximate surface area is 108 Å². The van der Waals surface area contributed by atoms with Crippen LogP contribution in [0.1, 0.15) is 0 Å². The molecule has 0 nitrogen and oxygen atoms in total. The molecule has 0 aromatic carbocycles. The zero-order valence-corrected chi connectivity index (χ0v) is 13.8. The van der Waals surface area contributed by atoms with Gasteiger partial charge >= 0.3 is 0 Å². The van der Waals surface area contributed by atoms with Gasteiger partial charge in [0, 0.05) is 5.57 Å². The van der Waals surface area contributed by atoms with E-state index < -0.39 is 16.1 Å². The van der Waals surface area contributed by atoms with E-state index in [0.29, 0.717) is 0 Å². The van der Waals surface area contributed by atoms with Crippen LogP contribution in [0.3, 0.4) is 0 Å². The van der Waals surface area contributed by atoms with Crippen LogP contribution < -0.4 is 0 Å². The largest absolute Gasteiger partial charge is 0.131 e. The average Bonchev–Trinajstić information content (AvgIpc) is 2.57. The van der Waals surface area contributed by atoms with Crippen LogP contribution >= 0.6 is 0 Å². The highest BCUT2D eigenvalue weighted by atomic mass is 28.3. The third-order valence-electron chi connectivity index (χ3n) is 2.04. The van der Waals surface area contributed by atoms with Crippen LogP contribution in [0.4, 0.5) is 0 Å². The average molecular weight is 259 g/mol. The molecular formula is C15H22Si2. The highest BCUT2D eigenvalue weighted by molar-refractivity contribution is 6.84. The normalized spacial score (nSPS) is 18.9. The van der Waals surface area contributed by atoms with Gasteiger partial charge in [-0.3, -0.25) is 0 Å². The Morgan fingerprint density at radius 2 is 1.53 bits per heavy atom. The molecular weight excluding hydrogens is 236 g/mol. The van der Waals surface area contributed by atoms with Crippen molar-refractivity contribution >= 4 is 16.1 Å². The second-order valence-corrected chi connectivity index (χ2v) is 16.0. The summed E-state index contributed by atoms with van der Waals surface area (Å²) in [5.41, 5.74) is 7.94. The predicted octanol–water partition coefficient (Wildman–Crippen LogP) is 3.86. The summed E-state index contributed by atoms with van der Waals surface area (Å²) in [6.07, 6.45) is 6.44. The van der Waals surface area contributed by atoms with E-state index >= 15 is 0 Å². The van der Waals surface area contributed by atoms with E-state index in [1.165, 1.54) is 0 Å². The van der Waals surface area contributed by atoms with Gasteiger partial charge in [-0.05, 0) is 6.08 Å². The molecule has 2 heteroatoms. The van der Waals surface area contributed by atoms with Crippen LogP contribution in [0.2, 0.25) is 39.3 Å². The van der Waals surface area contributed by atoms with Gasteiger partial charge in [0.1, 0.15) is 16.1 Å². The summed E-state index contributed by atoms with van der Waals surface area (Å²) in [7, 11) is -2.51. The van der Waals surface area contributed by atoms with E-state index in [1.54, 1.807) is 0 Å². The van der Waals surface area contributed by atoms with E-state index in [9.17, 15) is 0 Å². The van der Waals surface area contributed by atoms with E-state index in [4.69, 9.17) is 0 Å². The lowest BCUT2D eigenvalue weighted by Gasteiger charge is -2.04. The van der Waals surface area contributed by atoms with Gasteiger partial charge in [-0.25, -0.2) is 0 Å². The Morgan fingerprint density at radius 1 is 0.941 bits per heavy atom. The standard InChI is InChI=1S/C15H22Si2/c1-16(2,3)11-9-14-7-8-15(13-14)10-12-17(4,5)6/h7-8,13-14H,1-6H3. The minimum Gasteiger partial charge on any atom is -0.131 e. The predicted molar refractivity (Wildman–Crippen MR) is 83.0 cm³/mol. The van der Waals surface area contributed by atoms with Crippen LogP contribution in [-0.4, -0.2) is 16.1 Å². The van der Waals surface area contributed by atoms with E-state index in [2.05, 4.69) is 80.4 Å². The lowest BCUT2D eigenvalue weighted by atomic mass is 10.2. The van der Waals surface area contributed by atoms with Gasteiger partial charge in [-0.15, -0.1) is 11.1 Å². The van der Waals surface area contributed by atoms with Crippen molar-refractivity contribution in [1.82, 2.24) is 0 Å². The maximum absolute atomic E-state index is 3.41. The maximum atomic E-state index is 3.41. The molecule has 1 atom stereocenters. The third kappa shape index (κ3) is 6.36. The highest BCUT2D eigenvalue weighted by Gasteiger charge is 2.11. The molecule has 0 heterocycles. The first-order valence-corrected chi connectivity index (χ1v) is 13.1. The van der Waals surface area contributed by atoms with E-state index in [0.717, 1.165) is 5.57 Å². The van der Waals surface area contributed by atoms with Gasteiger partial charge in [0.2, 0.25) is 0 Å². The number of hydrogen-bond donors (Lipinski definition) is 0. The minimum atomic E-state index is -1.26. The molecule has 0 aromatic rings. The Hall–Kier alpha value is -0.966. The first-order valence-electron chi connectivity index (χ1n) is 6.12. The maximum Gasteiger partial charge on any atom is 0.129 e. The lowest BCUT2D eigenvalue weighted by molar-refractivity contribution is 1.14. The van der Waals surface area contributed by atoms with Gasteiger partial charge in [0.15, 0.2) is 0 Å². The van der Waals surface area contributed by atoms with Crippen LogP contribution in [0, 0.1) is 28.8 Å². The molecule has 0 bridgehead atoms. The van der Waals surface area contributed by atoms with Crippen molar-refractivity contribution < 1.29 is 0 Å². The Bertz CT molecular complexity index is 460. The second-order valence-electron chi connectivity index (χ2n) is 6.53. The number of hydrogen-bond acceptors (Lipinski definition) is 0. The Morgan fingerprint density at radius 3 is 2.06 bits per heavy atom. The second kappa shape index (κ2) is 5.13. The van der Waals surface area contributed by atoms with Crippen LogP contribution in [0.5, 0.6) is 0 Å². The third-order valence-corrected chi connectivity index (χ3v) is 3.81. The Balaban J connectivity index is 2.73. The molecule has 0 saturated heterocycles. The summed E-state index contributed by atoms with van der Waals surface area (Å²) in [4.78, 5) is 0. The van der Waals surface area contributed by atoms with Crippen LogP contribution in [-0.2, 0) is 0 Å². The monoisotopic (exact) mass is 258 g/mol. The van der Waals surface area contributed by atoms with Gasteiger partial charge in [-0.2, -0.15) is 0 Å². The van der Waals surface area contributed by atoms with E-state index in [1.807, 2.05) is 0 Å². The van der Waals surface area contributed by atoms with Gasteiger partial charge in [0.25, 0.3) is 0 Å². The van der Waals surface area contributed by atoms with Crippen LogP contribution in [0.15, 0.2) is 23.8 Å². The molecule has 0 fully saturated rings. The van der Waals surface area contributed by atoms with Gasteiger partial charge in [0.05, 0.1) is 5.92 Å². The van der Waals surface area contributed by atoms with E-state index in [-0.39, 0.29) is 5.92 Å². The first-order chi connectivity index (χ1) is 7.66. The molecule has 1 rings (SSSR count). The number of rotatable bonds is 0. The Kier molecular flexibility index (Phi) is 4.25. The van der Waals surface area contributed by atoms with Crippen molar-refractivity contribution in [2.75, 3.05) is 0 Å². The summed E-state index contributed by atoms with van der Waals surface area (Å²) in [5.74, 6) is 6.90. The molecule has 1 unspecified atom stereocenters. The zero-order valence-electron chi connectivity index (χ0n) is 11.8. The molecule has 0 aliphatic heterocycles. The van der Waals surface area contributed by atoms with Crippen LogP contribution in [0.25, 0.3) is 0 Å². The van der Waals surface area contributed by atoms with Crippen molar-refractivity contribution in [3.63, 3.8) is 0 Å².